The molecule has 8 heteroatoms. The van der Waals surface area contributed by atoms with Crippen molar-refractivity contribution in [3.63, 3.8) is 0 Å². The maximum absolute atomic E-state index is 12.9. The smallest absolute Gasteiger partial charge is 0.281 e. The monoisotopic (exact) mass is 431 g/mol. The number of nitrogens with one attached hydrogen (secondary N) is 1. The van der Waals surface area contributed by atoms with Gasteiger partial charge in [0.1, 0.15) is 5.71 Å². The van der Waals surface area contributed by atoms with Crippen molar-refractivity contribution in [2.45, 2.75) is 31.7 Å². The zero-order valence-electron chi connectivity index (χ0n) is 15.9. The standard InChI is InChI=1S/C21H23Cl2N5O/c22-15-6-9-19(17(23)12-15)28-20(14-4-7-16(24)8-5-14)13-18(25-28)21(29)26-27-10-2-1-3-11-27/h4-9,12,20H,1-3,10-11,13,24H2,(H,26,29)/t20-/m1/s1. The molecule has 2 aromatic carbocycles. The molecule has 29 heavy (non-hydrogen) atoms. The summed E-state index contributed by atoms with van der Waals surface area (Å²) in [6.45, 7) is 1.74. The first-order chi connectivity index (χ1) is 14.0. The molecular weight excluding hydrogens is 409 g/mol. The second-order valence-electron chi connectivity index (χ2n) is 7.36. The minimum absolute atomic E-state index is 0.156. The van der Waals surface area contributed by atoms with Gasteiger partial charge in [-0.1, -0.05) is 41.8 Å². The quantitative estimate of drug-likeness (QED) is 0.703. The van der Waals surface area contributed by atoms with Gasteiger partial charge >= 0.3 is 0 Å². The average Bonchev–Trinajstić information content (AvgIpc) is 3.14. The van der Waals surface area contributed by atoms with Crippen molar-refractivity contribution in [3.05, 3.63) is 58.1 Å². The van der Waals surface area contributed by atoms with Crippen LogP contribution in [-0.4, -0.2) is 29.7 Å². The van der Waals surface area contributed by atoms with Crippen molar-refractivity contribution in [1.82, 2.24) is 10.4 Å². The van der Waals surface area contributed by atoms with Crippen LogP contribution in [0.5, 0.6) is 0 Å². The number of nitrogens with two attached hydrogens (primary N) is 1. The van der Waals surface area contributed by atoms with Gasteiger partial charge in [-0.2, -0.15) is 5.10 Å². The fourth-order valence-corrected chi connectivity index (χ4v) is 4.22. The van der Waals surface area contributed by atoms with E-state index in [1.807, 2.05) is 35.3 Å². The molecule has 0 saturated carbocycles. The third-order valence-corrected chi connectivity index (χ3v) is 5.80. The summed E-state index contributed by atoms with van der Waals surface area (Å²) >= 11 is 12.5. The van der Waals surface area contributed by atoms with Crippen LogP contribution in [-0.2, 0) is 4.79 Å². The number of hydrogen-bond donors (Lipinski definition) is 2. The molecule has 0 aliphatic carbocycles. The third-order valence-electron chi connectivity index (χ3n) is 5.27. The number of carbonyl (C=O) groups excluding carboxylic acids is 1. The van der Waals surface area contributed by atoms with E-state index in [-0.39, 0.29) is 11.9 Å². The topological polar surface area (TPSA) is 74.0 Å². The Balaban J connectivity index is 1.62. The number of rotatable bonds is 4. The Labute approximate surface area is 180 Å². The Kier molecular flexibility index (Phi) is 5.94. The van der Waals surface area contributed by atoms with E-state index >= 15 is 0 Å². The Bertz CT molecular complexity index is 925. The summed E-state index contributed by atoms with van der Waals surface area (Å²) < 4.78 is 0. The fourth-order valence-electron chi connectivity index (χ4n) is 3.73. The maximum Gasteiger partial charge on any atom is 0.281 e. The zero-order chi connectivity index (χ0) is 20.4. The van der Waals surface area contributed by atoms with Gasteiger partial charge in [-0.3, -0.25) is 15.2 Å². The van der Waals surface area contributed by atoms with Crippen LogP contribution in [0.25, 0.3) is 0 Å². The van der Waals surface area contributed by atoms with Crippen LogP contribution in [0.1, 0.15) is 37.3 Å². The summed E-state index contributed by atoms with van der Waals surface area (Å²) in [5.41, 5.74) is 11.7. The van der Waals surface area contributed by atoms with Gasteiger partial charge in [-0.25, -0.2) is 5.01 Å². The number of benzene rings is 2. The lowest BCUT2D eigenvalue weighted by molar-refractivity contribution is -0.119. The van der Waals surface area contributed by atoms with Crippen molar-refractivity contribution in [2.24, 2.45) is 5.10 Å². The van der Waals surface area contributed by atoms with Crippen LogP contribution in [0, 0.1) is 0 Å². The lowest BCUT2D eigenvalue weighted by Gasteiger charge is -2.26. The highest BCUT2D eigenvalue weighted by molar-refractivity contribution is 6.40. The van der Waals surface area contributed by atoms with Crippen LogP contribution in [0.2, 0.25) is 10.0 Å². The van der Waals surface area contributed by atoms with E-state index in [0.29, 0.717) is 33.6 Å². The van der Waals surface area contributed by atoms with E-state index in [1.165, 1.54) is 6.42 Å². The molecular formula is C21H23Cl2N5O. The molecule has 2 aliphatic rings. The van der Waals surface area contributed by atoms with Gasteiger partial charge < -0.3 is 5.73 Å². The van der Waals surface area contributed by atoms with Gasteiger partial charge in [-0.05, 0) is 48.7 Å². The first-order valence-corrected chi connectivity index (χ1v) is 10.5. The van der Waals surface area contributed by atoms with Gasteiger partial charge in [-0.15, -0.1) is 0 Å². The van der Waals surface area contributed by atoms with Crippen molar-refractivity contribution in [2.75, 3.05) is 23.8 Å². The molecule has 1 fully saturated rings. The minimum atomic E-state index is -0.167. The molecule has 1 atom stereocenters. The molecule has 1 amide bonds. The van der Waals surface area contributed by atoms with Gasteiger partial charge in [0, 0.05) is 30.2 Å². The molecule has 6 nitrogen and oxygen atoms in total. The van der Waals surface area contributed by atoms with E-state index in [1.54, 1.807) is 17.1 Å². The number of carbonyl (C=O) groups is 1. The van der Waals surface area contributed by atoms with Crippen LogP contribution in [0.15, 0.2) is 47.6 Å². The highest BCUT2D eigenvalue weighted by Gasteiger charge is 2.34. The summed E-state index contributed by atoms with van der Waals surface area (Å²) in [5.74, 6) is -0.167. The lowest BCUT2D eigenvalue weighted by Crippen LogP contribution is -2.47. The fraction of sp³-hybridized carbons (Fsp3) is 0.333. The Morgan fingerprint density at radius 1 is 1.07 bits per heavy atom. The number of hydrogen-bond acceptors (Lipinski definition) is 5. The number of amides is 1. The number of hydrazone groups is 1. The predicted molar refractivity (Wildman–Crippen MR) is 118 cm³/mol. The van der Waals surface area contributed by atoms with Gasteiger partial charge in [0.05, 0.1) is 16.8 Å². The SMILES string of the molecule is Nc1ccc([C@H]2CC(C(=O)NN3CCCCC3)=NN2c2ccc(Cl)cc2Cl)cc1. The molecule has 152 valence electrons. The molecule has 4 rings (SSSR count). The van der Waals surface area contributed by atoms with E-state index in [0.717, 1.165) is 31.5 Å². The van der Waals surface area contributed by atoms with Gasteiger partial charge in [0.25, 0.3) is 5.91 Å². The molecule has 0 unspecified atom stereocenters. The third kappa shape index (κ3) is 4.50. The van der Waals surface area contributed by atoms with Crippen molar-refractivity contribution in [1.29, 1.82) is 0 Å². The van der Waals surface area contributed by atoms with E-state index in [9.17, 15) is 4.79 Å². The number of nitrogen functional groups attached to an aromatic ring is 1. The largest absolute Gasteiger partial charge is 0.399 e. The van der Waals surface area contributed by atoms with E-state index in [4.69, 9.17) is 28.9 Å². The average molecular weight is 432 g/mol. The van der Waals surface area contributed by atoms with Crippen molar-refractivity contribution in [3.8, 4) is 0 Å². The second kappa shape index (κ2) is 8.61. The second-order valence-corrected chi connectivity index (χ2v) is 8.21. The number of hydrazine groups is 1. The summed E-state index contributed by atoms with van der Waals surface area (Å²) in [7, 11) is 0. The summed E-state index contributed by atoms with van der Waals surface area (Å²) in [6, 6.07) is 12.7. The summed E-state index contributed by atoms with van der Waals surface area (Å²) in [5, 5.41) is 9.46. The molecule has 2 heterocycles. The first-order valence-electron chi connectivity index (χ1n) is 9.74. The number of anilines is 2. The molecule has 2 aliphatic heterocycles. The van der Waals surface area contributed by atoms with Crippen LogP contribution >= 0.6 is 23.2 Å². The molecule has 0 aromatic heterocycles. The number of piperidine rings is 1. The van der Waals surface area contributed by atoms with E-state index in [2.05, 4.69) is 10.5 Å². The molecule has 2 aromatic rings. The Morgan fingerprint density at radius 3 is 2.48 bits per heavy atom. The Hall–Kier alpha value is -2.28. The van der Waals surface area contributed by atoms with Crippen LogP contribution in [0.4, 0.5) is 11.4 Å². The van der Waals surface area contributed by atoms with Gasteiger partial charge in [0.15, 0.2) is 0 Å². The summed E-state index contributed by atoms with van der Waals surface area (Å²) in [4.78, 5) is 12.9. The van der Waals surface area contributed by atoms with Crippen LogP contribution in [0.3, 0.4) is 0 Å². The Morgan fingerprint density at radius 2 is 1.79 bits per heavy atom. The highest BCUT2D eigenvalue weighted by atomic mass is 35.5. The maximum atomic E-state index is 12.9. The summed E-state index contributed by atoms with van der Waals surface area (Å²) in [6.07, 6.45) is 3.86. The molecule has 0 spiro atoms. The molecule has 1 saturated heterocycles. The van der Waals surface area contributed by atoms with Crippen LogP contribution < -0.4 is 16.2 Å². The van der Waals surface area contributed by atoms with Gasteiger partial charge in [0.2, 0.25) is 0 Å². The lowest BCUT2D eigenvalue weighted by atomic mass is 10.0. The molecule has 0 radical (unpaired) electrons. The van der Waals surface area contributed by atoms with Crippen molar-refractivity contribution < 1.29 is 4.79 Å². The van der Waals surface area contributed by atoms with E-state index < -0.39 is 0 Å². The number of nitrogens with zero attached hydrogens (tertiary/aromatic N) is 3. The molecule has 3 N–H and O–H groups in total. The van der Waals surface area contributed by atoms with Crippen molar-refractivity contribution >= 4 is 46.2 Å². The first kappa shape index (κ1) is 20.0. The minimum Gasteiger partial charge on any atom is -0.399 e. The normalized spacial score (nSPS) is 19.9. The highest BCUT2D eigenvalue weighted by Crippen LogP contribution is 2.39. The zero-order valence-corrected chi connectivity index (χ0v) is 17.5. The number of halogens is 2. The predicted octanol–water partition coefficient (Wildman–Crippen LogP) is 4.40. The molecule has 0 bridgehead atoms.